The van der Waals surface area contributed by atoms with Gasteiger partial charge < -0.3 is 20.6 Å². The van der Waals surface area contributed by atoms with Gasteiger partial charge >= 0.3 is 12.3 Å². The van der Waals surface area contributed by atoms with Crippen molar-refractivity contribution in [3.63, 3.8) is 0 Å². The Morgan fingerprint density at radius 1 is 1.13 bits per heavy atom. The highest BCUT2D eigenvalue weighted by Crippen LogP contribution is 2.33. The predicted molar refractivity (Wildman–Crippen MR) is 135 cm³/mol. The molecule has 0 radical (unpaired) electrons. The average Bonchev–Trinajstić information content (AvgIpc) is 2.77. The minimum Gasteiger partial charge on any atom is -0.465 e. The number of hydrogen-bond acceptors (Lipinski definition) is 5. The number of carboxylic acid groups (broad SMARTS) is 1. The van der Waals surface area contributed by atoms with Gasteiger partial charge in [-0.1, -0.05) is 6.07 Å². The number of hydrogen-bond donors (Lipinski definition) is 3. The van der Waals surface area contributed by atoms with Gasteiger partial charge in [-0.25, -0.2) is 13.2 Å². The fraction of sp³-hybridized carbons (Fsp3) is 0.640. The summed E-state index contributed by atoms with van der Waals surface area (Å²) in [5, 5.41) is 14.2. The smallest absolute Gasteiger partial charge is 0.416 e. The van der Waals surface area contributed by atoms with Gasteiger partial charge in [0.2, 0.25) is 5.91 Å². The van der Waals surface area contributed by atoms with Crippen LogP contribution in [0.5, 0.6) is 0 Å². The predicted octanol–water partition coefficient (Wildman–Crippen LogP) is 3.69. The lowest BCUT2D eigenvalue weighted by Gasteiger charge is -2.45. The first-order chi connectivity index (χ1) is 17.3. The van der Waals surface area contributed by atoms with Gasteiger partial charge in [0.05, 0.1) is 23.1 Å². The van der Waals surface area contributed by atoms with Crippen molar-refractivity contribution >= 4 is 27.7 Å². The molecule has 1 aliphatic rings. The normalized spacial score (nSPS) is 20.6. The molecule has 1 aromatic rings. The maximum Gasteiger partial charge on any atom is 0.416 e. The number of benzene rings is 1. The lowest BCUT2D eigenvalue weighted by atomic mass is 9.80. The molecule has 0 heterocycles. The lowest BCUT2D eigenvalue weighted by Crippen LogP contribution is -2.57. The van der Waals surface area contributed by atoms with Crippen LogP contribution in [0.25, 0.3) is 0 Å². The number of carbonyl (C=O) groups is 3. The molecular formula is C25H36F3N3O6S. The maximum absolute atomic E-state index is 12.9. The molecule has 3 atom stereocenters. The molecule has 214 valence electrons. The Hall–Kier alpha value is -2.83. The minimum atomic E-state index is -4.62. The minimum absolute atomic E-state index is 0.219. The van der Waals surface area contributed by atoms with Crippen LogP contribution >= 0.6 is 0 Å². The maximum atomic E-state index is 12.9. The van der Waals surface area contributed by atoms with Crippen LogP contribution in [-0.2, 0) is 20.8 Å². The quantitative estimate of drug-likeness (QED) is 0.442. The summed E-state index contributed by atoms with van der Waals surface area (Å²) >= 11 is 0. The SMILES string of the molecule is CC(C)S(=O)(=O)C[C@@H]1C[C@H](N(C(=O)O)C(C)(C)C)CC[C@@H]1NC(=O)CNC(=O)c1cccc(C(F)(F)F)c1. The zero-order valence-corrected chi connectivity index (χ0v) is 22.9. The zero-order chi connectivity index (χ0) is 29.1. The van der Waals surface area contributed by atoms with E-state index in [2.05, 4.69) is 10.6 Å². The summed E-state index contributed by atoms with van der Waals surface area (Å²) in [5.74, 6) is -2.32. The van der Waals surface area contributed by atoms with Crippen molar-refractivity contribution in [3.05, 3.63) is 35.4 Å². The molecule has 0 bridgehead atoms. The molecule has 1 fully saturated rings. The van der Waals surface area contributed by atoms with Gasteiger partial charge in [-0.15, -0.1) is 0 Å². The molecular weight excluding hydrogens is 527 g/mol. The van der Waals surface area contributed by atoms with Crippen LogP contribution in [0.15, 0.2) is 24.3 Å². The summed E-state index contributed by atoms with van der Waals surface area (Å²) in [6.07, 6.45) is -4.81. The standard InChI is InChI=1S/C25H36F3N3O6S/c1-15(2)38(36,37)14-17-12-19(31(23(34)35)24(3,4)5)9-10-20(17)30-21(32)13-29-22(33)16-7-6-8-18(11-16)25(26,27)28/h6-8,11,15,17,19-20H,9-10,12-14H2,1-5H3,(H,29,33)(H,30,32)(H,34,35)/t17-,19+,20-/m0/s1. The molecule has 3 amide bonds. The van der Waals surface area contributed by atoms with E-state index in [4.69, 9.17) is 0 Å². The van der Waals surface area contributed by atoms with Gasteiger partial charge in [0.1, 0.15) is 0 Å². The summed E-state index contributed by atoms with van der Waals surface area (Å²) in [6.45, 7) is 7.82. The Balaban J connectivity index is 2.13. The second-order valence-electron chi connectivity index (χ2n) is 10.9. The molecule has 0 unspecified atom stereocenters. The van der Waals surface area contributed by atoms with Crippen LogP contribution in [0.2, 0.25) is 0 Å². The highest BCUT2D eigenvalue weighted by molar-refractivity contribution is 7.91. The molecule has 1 aromatic carbocycles. The zero-order valence-electron chi connectivity index (χ0n) is 22.1. The summed E-state index contributed by atoms with van der Waals surface area (Å²) in [7, 11) is -3.53. The van der Waals surface area contributed by atoms with E-state index in [0.717, 1.165) is 12.1 Å². The fourth-order valence-corrected chi connectivity index (χ4v) is 6.04. The lowest BCUT2D eigenvalue weighted by molar-refractivity contribution is -0.137. The Morgan fingerprint density at radius 3 is 2.29 bits per heavy atom. The van der Waals surface area contributed by atoms with E-state index in [0.29, 0.717) is 18.9 Å². The number of amides is 3. The highest BCUT2D eigenvalue weighted by atomic mass is 32.2. The number of carbonyl (C=O) groups excluding carboxylic acids is 2. The molecule has 2 rings (SSSR count). The first kappa shape index (κ1) is 31.4. The van der Waals surface area contributed by atoms with Crippen LogP contribution in [0.1, 0.15) is 69.8 Å². The van der Waals surface area contributed by atoms with Crippen molar-refractivity contribution in [1.29, 1.82) is 0 Å². The second kappa shape index (κ2) is 11.9. The van der Waals surface area contributed by atoms with E-state index in [1.165, 1.54) is 11.0 Å². The topological polar surface area (TPSA) is 133 Å². The van der Waals surface area contributed by atoms with Gasteiger partial charge in [-0.05, 0) is 78.0 Å². The van der Waals surface area contributed by atoms with Crippen LogP contribution in [0.3, 0.4) is 0 Å². The molecule has 0 saturated heterocycles. The summed E-state index contributed by atoms with van der Waals surface area (Å²) in [6, 6.07) is 2.76. The number of alkyl halides is 3. The first-order valence-corrected chi connectivity index (χ1v) is 14.0. The van der Waals surface area contributed by atoms with Crippen molar-refractivity contribution in [3.8, 4) is 0 Å². The van der Waals surface area contributed by atoms with Crippen molar-refractivity contribution in [2.45, 2.75) is 82.9 Å². The van der Waals surface area contributed by atoms with Gasteiger partial charge in [-0.3, -0.25) is 9.59 Å². The molecule has 1 saturated carbocycles. The summed E-state index contributed by atoms with van der Waals surface area (Å²) < 4.78 is 64.2. The van der Waals surface area contributed by atoms with E-state index >= 15 is 0 Å². The summed E-state index contributed by atoms with van der Waals surface area (Å²) in [4.78, 5) is 38.3. The number of halogens is 3. The summed E-state index contributed by atoms with van der Waals surface area (Å²) in [5.41, 5.74) is -1.97. The molecule has 0 spiro atoms. The molecule has 9 nitrogen and oxygen atoms in total. The first-order valence-electron chi connectivity index (χ1n) is 12.3. The Labute approximate surface area is 221 Å². The molecule has 13 heteroatoms. The van der Waals surface area contributed by atoms with Crippen molar-refractivity contribution < 1.29 is 41.1 Å². The second-order valence-corrected chi connectivity index (χ2v) is 13.5. The van der Waals surface area contributed by atoms with Gasteiger partial charge in [0.25, 0.3) is 5.91 Å². The van der Waals surface area contributed by atoms with Crippen molar-refractivity contribution in [2.24, 2.45) is 5.92 Å². The van der Waals surface area contributed by atoms with E-state index in [9.17, 15) is 41.1 Å². The van der Waals surface area contributed by atoms with Crippen molar-refractivity contribution in [2.75, 3.05) is 12.3 Å². The van der Waals surface area contributed by atoms with E-state index in [1.54, 1.807) is 34.6 Å². The van der Waals surface area contributed by atoms with E-state index in [-0.39, 0.29) is 17.7 Å². The van der Waals surface area contributed by atoms with Crippen LogP contribution in [0.4, 0.5) is 18.0 Å². The molecule has 0 aliphatic heterocycles. The third-order valence-electron chi connectivity index (χ3n) is 6.62. The number of rotatable bonds is 8. The highest BCUT2D eigenvalue weighted by Gasteiger charge is 2.41. The Kier molecular flexibility index (Phi) is 9.84. The van der Waals surface area contributed by atoms with Crippen LogP contribution in [-0.4, -0.2) is 71.5 Å². The average molecular weight is 564 g/mol. The van der Waals surface area contributed by atoms with Crippen molar-refractivity contribution in [1.82, 2.24) is 15.5 Å². The molecule has 3 N–H and O–H groups in total. The Morgan fingerprint density at radius 2 is 1.76 bits per heavy atom. The molecule has 1 aliphatic carbocycles. The number of sulfone groups is 1. The van der Waals surface area contributed by atoms with E-state index in [1.807, 2.05) is 0 Å². The monoisotopic (exact) mass is 563 g/mol. The molecule has 0 aromatic heterocycles. The van der Waals surface area contributed by atoms with Gasteiger partial charge in [0.15, 0.2) is 9.84 Å². The number of nitrogens with zero attached hydrogens (tertiary/aromatic N) is 1. The third kappa shape index (κ3) is 8.34. The third-order valence-corrected chi connectivity index (χ3v) is 8.95. The van der Waals surface area contributed by atoms with Crippen LogP contribution in [0, 0.1) is 5.92 Å². The molecule has 38 heavy (non-hydrogen) atoms. The fourth-order valence-electron chi connectivity index (χ4n) is 4.69. The van der Waals surface area contributed by atoms with Crippen LogP contribution < -0.4 is 10.6 Å². The number of nitrogens with one attached hydrogen (secondary N) is 2. The Bertz CT molecular complexity index is 1130. The van der Waals surface area contributed by atoms with Gasteiger partial charge in [-0.2, -0.15) is 13.2 Å². The van der Waals surface area contributed by atoms with Gasteiger partial charge in [0, 0.05) is 23.2 Å². The largest absolute Gasteiger partial charge is 0.465 e. The van der Waals surface area contributed by atoms with E-state index < -0.39 is 74.8 Å².